The number of carbonyl (C=O) groups is 2. The third kappa shape index (κ3) is 8.98. The smallest absolute Gasteiger partial charge is 0.243 e. The van der Waals surface area contributed by atoms with Gasteiger partial charge in [-0.2, -0.15) is 0 Å². The molecule has 0 spiro atoms. The van der Waals surface area contributed by atoms with Crippen molar-refractivity contribution in [2.24, 2.45) is 0 Å². The van der Waals surface area contributed by atoms with Crippen molar-refractivity contribution in [1.82, 2.24) is 10.2 Å². The van der Waals surface area contributed by atoms with Gasteiger partial charge in [0.25, 0.3) is 0 Å². The molecule has 1 atom stereocenters. The molecule has 4 aromatic carbocycles. The van der Waals surface area contributed by atoms with Crippen LogP contribution >= 0.6 is 0 Å². The molecule has 2 heterocycles. The third-order valence-electron chi connectivity index (χ3n) is 9.12. The van der Waals surface area contributed by atoms with Crippen LogP contribution in [0.5, 0.6) is 11.5 Å². The fourth-order valence-electron chi connectivity index (χ4n) is 6.62. The Labute approximate surface area is 293 Å². The number of hydrogen-bond acceptors (Lipinski definition) is 8. The predicted octanol–water partition coefficient (Wildman–Crippen LogP) is 6.41. The molecule has 2 aliphatic rings. The van der Waals surface area contributed by atoms with Gasteiger partial charge in [-0.25, -0.2) is 0 Å². The van der Waals surface area contributed by atoms with Crippen LogP contribution in [0.25, 0.3) is 11.1 Å². The molecular formula is C41H45N3O6. The number of piperidine rings is 1. The number of nitrogens with one attached hydrogen (secondary N) is 2. The minimum Gasteiger partial charge on any atom is -0.508 e. The van der Waals surface area contributed by atoms with Crippen LogP contribution in [0.4, 0.5) is 5.69 Å². The number of allylic oxidation sites excluding steroid dienone is 1. The number of aromatic hydroxyl groups is 1. The maximum absolute atomic E-state index is 12.3. The lowest BCUT2D eigenvalue weighted by atomic mass is 9.88. The Morgan fingerprint density at radius 1 is 0.800 bits per heavy atom. The summed E-state index contributed by atoms with van der Waals surface area (Å²) in [6.45, 7) is 6.68. The number of phenolic OH excluding ortho intramolecular Hbond substituents is 1. The first-order chi connectivity index (χ1) is 24.5. The molecule has 0 bridgehead atoms. The van der Waals surface area contributed by atoms with E-state index in [4.69, 9.17) is 14.2 Å². The Morgan fingerprint density at radius 3 is 2.20 bits per heavy atom. The highest BCUT2D eigenvalue weighted by molar-refractivity contribution is 6.00. The molecule has 0 saturated carbocycles. The second-order valence-electron chi connectivity index (χ2n) is 12.5. The Bertz CT molecular complexity index is 1770. The number of ether oxygens (including phenoxy) is 3. The van der Waals surface area contributed by atoms with Crippen LogP contribution in [0.1, 0.15) is 54.0 Å². The second kappa shape index (κ2) is 17.1. The standard InChI is InChI=1S/C41H45N3O6/c1-2-37(29-6-4-3-5-7-29)40(30-9-14-35(45)15-10-30)31-11-16-36(17-12-31)50-25-24-49-23-22-48-21-20-42-34-13-8-32-27-44(28-33(32)26-34)38-18-19-39(46)43-41(38)47/h3-17,26,38,42,45H,2,18-25,27-28H2,1H3,(H,43,46,47). The summed E-state index contributed by atoms with van der Waals surface area (Å²) in [7, 11) is 0. The maximum atomic E-state index is 12.3. The number of carbonyl (C=O) groups excluding carboxylic acids is 2. The van der Waals surface area contributed by atoms with Crippen molar-refractivity contribution >= 4 is 28.6 Å². The van der Waals surface area contributed by atoms with Crippen molar-refractivity contribution in [1.29, 1.82) is 0 Å². The summed E-state index contributed by atoms with van der Waals surface area (Å²) < 4.78 is 17.4. The van der Waals surface area contributed by atoms with Crippen molar-refractivity contribution in [3.05, 3.63) is 125 Å². The maximum Gasteiger partial charge on any atom is 0.243 e. The summed E-state index contributed by atoms with van der Waals surface area (Å²) in [4.78, 5) is 25.9. The van der Waals surface area contributed by atoms with Gasteiger partial charge < -0.3 is 24.6 Å². The van der Waals surface area contributed by atoms with Gasteiger partial charge in [-0.3, -0.25) is 19.8 Å². The largest absolute Gasteiger partial charge is 0.508 e. The fraction of sp³-hybridized carbons (Fsp3) is 0.317. The van der Waals surface area contributed by atoms with Crippen molar-refractivity contribution in [2.75, 3.05) is 44.9 Å². The number of phenols is 1. The molecule has 2 amide bonds. The van der Waals surface area contributed by atoms with Gasteiger partial charge in [0.1, 0.15) is 18.1 Å². The number of anilines is 1. The summed E-state index contributed by atoms with van der Waals surface area (Å²) in [5.74, 6) is 0.648. The SMILES string of the molecule is CCC(=C(c1ccc(O)cc1)c1ccc(OCCOCCOCCNc2ccc3c(c2)CN(C2CCC(=O)NC2=O)C3)cc1)c1ccccc1. The van der Waals surface area contributed by atoms with Crippen LogP contribution in [0.15, 0.2) is 97.1 Å². The number of benzene rings is 4. The van der Waals surface area contributed by atoms with E-state index in [-0.39, 0.29) is 23.6 Å². The first-order valence-electron chi connectivity index (χ1n) is 17.4. The summed E-state index contributed by atoms with van der Waals surface area (Å²) in [6.07, 6.45) is 1.83. The third-order valence-corrected chi connectivity index (χ3v) is 9.12. The normalized spacial score (nSPS) is 16.5. The molecule has 0 radical (unpaired) electrons. The summed E-state index contributed by atoms with van der Waals surface area (Å²) in [6, 6.07) is 32.0. The van der Waals surface area contributed by atoms with Gasteiger partial charge >= 0.3 is 0 Å². The van der Waals surface area contributed by atoms with Crippen LogP contribution in [0.2, 0.25) is 0 Å². The number of nitrogens with zero attached hydrogens (tertiary/aromatic N) is 1. The molecule has 2 aliphatic heterocycles. The zero-order chi connectivity index (χ0) is 34.7. The Kier molecular flexibility index (Phi) is 11.9. The molecule has 9 heteroatoms. The number of imide groups is 1. The molecule has 6 rings (SSSR count). The number of amides is 2. The van der Waals surface area contributed by atoms with E-state index in [1.54, 1.807) is 12.1 Å². The lowest BCUT2D eigenvalue weighted by molar-refractivity contribution is -0.137. The number of fused-ring (bicyclic) bond motifs is 1. The van der Waals surface area contributed by atoms with Gasteiger partial charge in [0, 0.05) is 31.7 Å². The molecule has 1 fully saturated rings. The number of hydrogen-bond donors (Lipinski definition) is 3. The van der Waals surface area contributed by atoms with Gasteiger partial charge in [-0.1, -0.05) is 67.6 Å². The van der Waals surface area contributed by atoms with E-state index in [1.807, 2.05) is 30.3 Å². The van der Waals surface area contributed by atoms with E-state index in [0.717, 1.165) is 41.1 Å². The van der Waals surface area contributed by atoms with Crippen molar-refractivity contribution in [2.45, 2.75) is 45.3 Å². The topological polar surface area (TPSA) is 109 Å². The van der Waals surface area contributed by atoms with E-state index in [2.05, 4.69) is 77.1 Å². The monoisotopic (exact) mass is 675 g/mol. The predicted molar refractivity (Wildman–Crippen MR) is 195 cm³/mol. The van der Waals surface area contributed by atoms with Crippen LogP contribution in [-0.2, 0) is 32.2 Å². The van der Waals surface area contributed by atoms with Gasteiger partial charge in [0.15, 0.2) is 0 Å². The van der Waals surface area contributed by atoms with E-state index in [1.165, 1.54) is 22.3 Å². The lowest BCUT2D eigenvalue weighted by Gasteiger charge is -2.29. The van der Waals surface area contributed by atoms with E-state index >= 15 is 0 Å². The van der Waals surface area contributed by atoms with Crippen molar-refractivity contribution in [3.8, 4) is 11.5 Å². The van der Waals surface area contributed by atoms with E-state index in [0.29, 0.717) is 59.0 Å². The van der Waals surface area contributed by atoms with Crippen LogP contribution < -0.4 is 15.4 Å². The van der Waals surface area contributed by atoms with E-state index in [9.17, 15) is 14.7 Å². The Balaban J connectivity index is 0.889. The average molecular weight is 676 g/mol. The second-order valence-corrected chi connectivity index (χ2v) is 12.5. The Morgan fingerprint density at radius 2 is 1.48 bits per heavy atom. The first kappa shape index (κ1) is 34.9. The van der Waals surface area contributed by atoms with Gasteiger partial charge in [-0.15, -0.1) is 0 Å². The molecule has 50 heavy (non-hydrogen) atoms. The molecule has 1 saturated heterocycles. The molecule has 4 aromatic rings. The molecular weight excluding hydrogens is 630 g/mol. The van der Waals surface area contributed by atoms with Crippen LogP contribution in [0.3, 0.4) is 0 Å². The van der Waals surface area contributed by atoms with Crippen molar-refractivity contribution < 1.29 is 28.9 Å². The Hall–Kier alpha value is -4.96. The molecule has 0 aromatic heterocycles. The minimum atomic E-state index is -0.251. The van der Waals surface area contributed by atoms with Crippen LogP contribution in [0, 0.1) is 0 Å². The summed E-state index contributed by atoms with van der Waals surface area (Å²) in [5, 5.41) is 15.8. The summed E-state index contributed by atoms with van der Waals surface area (Å²) in [5.41, 5.74) is 9.12. The fourth-order valence-corrected chi connectivity index (χ4v) is 6.62. The molecule has 260 valence electrons. The molecule has 9 nitrogen and oxygen atoms in total. The molecule has 1 unspecified atom stereocenters. The van der Waals surface area contributed by atoms with Gasteiger partial charge in [-0.05, 0) is 88.2 Å². The van der Waals surface area contributed by atoms with Gasteiger partial charge in [0.05, 0.1) is 32.5 Å². The zero-order valence-corrected chi connectivity index (χ0v) is 28.5. The number of rotatable bonds is 16. The van der Waals surface area contributed by atoms with Crippen molar-refractivity contribution in [3.63, 3.8) is 0 Å². The highest BCUT2D eigenvalue weighted by atomic mass is 16.5. The van der Waals surface area contributed by atoms with E-state index < -0.39 is 0 Å². The first-order valence-corrected chi connectivity index (χ1v) is 17.4. The summed E-state index contributed by atoms with van der Waals surface area (Å²) >= 11 is 0. The minimum absolute atomic E-state index is 0.184. The lowest BCUT2D eigenvalue weighted by Crippen LogP contribution is -2.50. The highest BCUT2D eigenvalue weighted by Crippen LogP contribution is 2.35. The molecule has 3 N–H and O–H groups in total. The zero-order valence-electron chi connectivity index (χ0n) is 28.5. The van der Waals surface area contributed by atoms with Crippen LogP contribution in [-0.4, -0.2) is 67.4 Å². The highest BCUT2D eigenvalue weighted by Gasteiger charge is 2.34. The quantitative estimate of drug-likeness (QED) is 0.0711. The molecule has 0 aliphatic carbocycles. The van der Waals surface area contributed by atoms with Gasteiger partial charge in [0.2, 0.25) is 11.8 Å². The average Bonchev–Trinajstić information content (AvgIpc) is 3.56.